The molecular weight excluding hydrogens is 202 g/mol. The molecule has 2 atom stereocenters. The van der Waals surface area contributed by atoms with E-state index in [0.717, 1.165) is 5.56 Å². The van der Waals surface area contributed by atoms with E-state index in [1.807, 2.05) is 26.0 Å². The molecule has 1 unspecified atom stereocenters. The molecule has 0 fully saturated rings. The summed E-state index contributed by atoms with van der Waals surface area (Å²) in [5.74, 6) is 0.0358. The molecule has 1 amide bonds. The standard InChI is InChI=1S/C12H19N3O/c1-9(13)5-6-12(16)15-10(2)11-4-3-7-14-8-11/h3-4,7-10H,5-6,13H2,1-2H3,(H,15,16)/t9?,10-/m0/s1. The van der Waals surface area contributed by atoms with Crippen molar-refractivity contribution in [1.82, 2.24) is 10.3 Å². The summed E-state index contributed by atoms with van der Waals surface area (Å²) in [5, 5.41) is 2.92. The van der Waals surface area contributed by atoms with E-state index in [0.29, 0.717) is 12.8 Å². The van der Waals surface area contributed by atoms with Crippen molar-refractivity contribution in [1.29, 1.82) is 0 Å². The molecule has 0 aromatic carbocycles. The Kier molecular flexibility index (Phi) is 4.92. The van der Waals surface area contributed by atoms with Crippen LogP contribution >= 0.6 is 0 Å². The number of aromatic nitrogens is 1. The number of nitrogens with one attached hydrogen (secondary N) is 1. The van der Waals surface area contributed by atoms with Crippen LogP contribution in [0.25, 0.3) is 0 Å². The molecule has 1 heterocycles. The van der Waals surface area contributed by atoms with E-state index in [2.05, 4.69) is 10.3 Å². The second-order valence-corrected chi connectivity index (χ2v) is 4.09. The summed E-state index contributed by atoms with van der Waals surface area (Å²) >= 11 is 0. The van der Waals surface area contributed by atoms with Gasteiger partial charge >= 0.3 is 0 Å². The molecule has 0 saturated heterocycles. The van der Waals surface area contributed by atoms with Crippen LogP contribution in [-0.2, 0) is 4.79 Å². The Hall–Kier alpha value is -1.42. The number of hydrogen-bond acceptors (Lipinski definition) is 3. The lowest BCUT2D eigenvalue weighted by Gasteiger charge is -2.14. The van der Waals surface area contributed by atoms with Crippen molar-refractivity contribution in [2.45, 2.75) is 38.8 Å². The van der Waals surface area contributed by atoms with Crippen molar-refractivity contribution in [3.63, 3.8) is 0 Å². The van der Waals surface area contributed by atoms with Crippen LogP contribution in [-0.4, -0.2) is 16.9 Å². The van der Waals surface area contributed by atoms with Crippen molar-refractivity contribution in [2.75, 3.05) is 0 Å². The van der Waals surface area contributed by atoms with Gasteiger partial charge in [0.15, 0.2) is 0 Å². The Morgan fingerprint density at radius 3 is 2.88 bits per heavy atom. The first kappa shape index (κ1) is 12.6. The number of rotatable bonds is 5. The predicted molar refractivity (Wildman–Crippen MR) is 63.7 cm³/mol. The molecule has 0 radical (unpaired) electrons. The summed E-state index contributed by atoms with van der Waals surface area (Å²) in [6, 6.07) is 3.87. The van der Waals surface area contributed by atoms with Gasteiger partial charge in [-0.2, -0.15) is 0 Å². The predicted octanol–water partition coefficient (Wildman–Crippen LogP) is 1.39. The fourth-order valence-corrected chi connectivity index (χ4v) is 1.39. The lowest BCUT2D eigenvalue weighted by atomic mass is 10.1. The molecule has 1 aromatic heterocycles. The van der Waals surface area contributed by atoms with Gasteiger partial charge in [0, 0.05) is 24.9 Å². The molecule has 0 aliphatic rings. The molecule has 0 bridgehead atoms. The summed E-state index contributed by atoms with van der Waals surface area (Å²) in [6.45, 7) is 3.85. The first-order valence-electron chi connectivity index (χ1n) is 5.54. The minimum atomic E-state index is -0.00530. The SMILES string of the molecule is CC(N)CCC(=O)N[C@@H](C)c1cccnc1. The largest absolute Gasteiger partial charge is 0.350 e. The third-order valence-corrected chi connectivity index (χ3v) is 2.39. The highest BCUT2D eigenvalue weighted by atomic mass is 16.1. The quantitative estimate of drug-likeness (QED) is 0.789. The molecule has 3 N–H and O–H groups in total. The number of carbonyl (C=O) groups is 1. The van der Waals surface area contributed by atoms with E-state index in [4.69, 9.17) is 5.73 Å². The maximum absolute atomic E-state index is 11.5. The average Bonchev–Trinajstić information content (AvgIpc) is 2.27. The average molecular weight is 221 g/mol. The highest BCUT2D eigenvalue weighted by molar-refractivity contribution is 5.76. The number of amides is 1. The van der Waals surface area contributed by atoms with Gasteiger partial charge in [-0.1, -0.05) is 6.07 Å². The Balaban J connectivity index is 2.40. The van der Waals surface area contributed by atoms with E-state index in [9.17, 15) is 4.79 Å². The Morgan fingerprint density at radius 2 is 2.31 bits per heavy atom. The van der Waals surface area contributed by atoms with Crippen molar-refractivity contribution in [3.8, 4) is 0 Å². The first-order chi connectivity index (χ1) is 7.59. The highest BCUT2D eigenvalue weighted by Crippen LogP contribution is 2.10. The van der Waals surface area contributed by atoms with Crippen LogP contribution in [0, 0.1) is 0 Å². The van der Waals surface area contributed by atoms with Crippen LogP contribution in [0.4, 0.5) is 0 Å². The normalized spacial score (nSPS) is 14.2. The number of nitrogens with two attached hydrogens (primary N) is 1. The van der Waals surface area contributed by atoms with Crippen LogP contribution in [0.2, 0.25) is 0 Å². The lowest BCUT2D eigenvalue weighted by Crippen LogP contribution is -2.28. The molecule has 0 aliphatic carbocycles. The summed E-state index contributed by atoms with van der Waals surface area (Å²) in [6.07, 6.45) is 4.67. The van der Waals surface area contributed by atoms with Gasteiger partial charge in [0.2, 0.25) is 5.91 Å². The topological polar surface area (TPSA) is 68.0 Å². The number of nitrogens with zero attached hydrogens (tertiary/aromatic N) is 1. The minimum absolute atomic E-state index is 0.00530. The number of carbonyl (C=O) groups excluding carboxylic acids is 1. The highest BCUT2D eigenvalue weighted by Gasteiger charge is 2.09. The molecule has 4 nitrogen and oxygen atoms in total. The van der Waals surface area contributed by atoms with Gasteiger partial charge in [0.05, 0.1) is 6.04 Å². The maximum Gasteiger partial charge on any atom is 0.220 e. The fourth-order valence-electron chi connectivity index (χ4n) is 1.39. The number of pyridine rings is 1. The molecule has 16 heavy (non-hydrogen) atoms. The third kappa shape index (κ3) is 4.40. The van der Waals surface area contributed by atoms with Crippen molar-refractivity contribution in [3.05, 3.63) is 30.1 Å². The van der Waals surface area contributed by atoms with Crippen molar-refractivity contribution in [2.24, 2.45) is 5.73 Å². The zero-order valence-electron chi connectivity index (χ0n) is 9.81. The number of hydrogen-bond donors (Lipinski definition) is 2. The van der Waals surface area contributed by atoms with E-state index >= 15 is 0 Å². The fraction of sp³-hybridized carbons (Fsp3) is 0.500. The monoisotopic (exact) mass is 221 g/mol. The van der Waals surface area contributed by atoms with Gasteiger partial charge in [0.25, 0.3) is 0 Å². The van der Waals surface area contributed by atoms with Crippen LogP contribution in [0.5, 0.6) is 0 Å². The Morgan fingerprint density at radius 1 is 1.56 bits per heavy atom. The van der Waals surface area contributed by atoms with E-state index in [-0.39, 0.29) is 18.0 Å². The van der Waals surface area contributed by atoms with E-state index in [1.165, 1.54) is 0 Å². The van der Waals surface area contributed by atoms with E-state index < -0.39 is 0 Å². The molecule has 1 rings (SSSR count). The van der Waals surface area contributed by atoms with Gasteiger partial charge in [-0.3, -0.25) is 9.78 Å². The van der Waals surface area contributed by atoms with Gasteiger partial charge in [-0.15, -0.1) is 0 Å². The zero-order chi connectivity index (χ0) is 12.0. The Labute approximate surface area is 96.3 Å². The van der Waals surface area contributed by atoms with Crippen molar-refractivity contribution < 1.29 is 4.79 Å². The smallest absolute Gasteiger partial charge is 0.220 e. The van der Waals surface area contributed by atoms with Crippen LogP contribution in [0.15, 0.2) is 24.5 Å². The second kappa shape index (κ2) is 6.23. The van der Waals surface area contributed by atoms with E-state index in [1.54, 1.807) is 12.4 Å². The van der Waals surface area contributed by atoms with Gasteiger partial charge < -0.3 is 11.1 Å². The first-order valence-corrected chi connectivity index (χ1v) is 5.54. The lowest BCUT2D eigenvalue weighted by molar-refractivity contribution is -0.121. The molecule has 1 aromatic rings. The Bertz CT molecular complexity index is 324. The minimum Gasteiger partial charge on any atom is -0.350 e. The molecule has 88 valence electrons. The molecule has 0 saturated carbocycles. The van der Waals surface area contributed by atoms with Crippen LogP contribution in [0.1, 0.15) is 38.3 Å². The van der Waals surface area contributed by atoms with Crippen LogP contribution < -0.4 is 11.1 Å². The summed E-state index contributed by atoms with van der Waals surface area (Å²) in [5.41, 5.74) is 6.60. The second-order valence-electron chi connectivity index (χ2n) is 4.09. The summed E-state index contributed by atoms with van der Waals surface area (Å²) in [4.78, 5) is 15.6. The molecule has 0 spiro atoms. The van der Waals surface area contributed by atoms with Gasteiger partial charge in [-0.25, -0.2) is 0 Å². The van der Waals surface area contributed by atoms with Crippen molar-refractivity contribution >= 4 is 5.91 Å². The molecule has 0 aliphatic heterocycles. The third-order valence-electron chi connectivity index (χ3n) is 2.39. The molecular formula is C12H19N3O. The van der Waals surface area contributed by atoms with Crippen LogP contribution in [0.3, 0.4) is 0 Å². The molecule has 4 heteroatoms. The summed E-state index contributed by atoms with van der Waals surface area (Å²) < 4.78 is 0. The van der Waals surface area contributed by atoms with Gasteiger partial charge in [0.1, 0.15) is 0 Å². The zero-order valence-corrected chi connectivity index (χ0v) is 9.81. The van der Waals surface area contributed by atoms with Gasteiger partial charge in [-0.05, 0) is 31.9 Å². The maximum atomic E-state index is 11.5. The summed E-state index contributed by atoms with van der Waals surface area (Å²) in [7, 11) is 0.